The molecular weight excluding hydrogens is 312 g/mol. The molecule has 24 heavy (non-hydrogen) atoms. The van der Waals surface area contributed by atoms with Crippen LogP contribution in [0.15, 0.2) is 55.9 Å². The van der Waals surface area contributed by atoms with E-state index >= 15 is 0 Å². The van der Waals surface area contributed by atoms with Gasteiger partial charge in [-0.3, -0.25) is 4.98 Å². The van der Waals surface area contributed by atoms with Gasteiger partial charge in [-0.1, -0.05) is 31.4 Å². The number of esters is 2. The maximum atomic E-state index is 12.1. The van der Waals surface area contributed by atoms with E-state index in [9.17, 15) is 9.59 Å². The van der Waals surface area contributed by atoms with Gasteiger partial charge in [0, 0.05) is 12.4 Å². The van der Waals surface area contributed by atoms with Gasteiger partial charge in [0.25, 0.3) is 6.10 Å². The summed E-state index contributed by atoms with van der Waals surface area (Å²) >= 11 is 0. The third-order valence-corrected chi connectivity index (χ3v) is 2.82. The molecule has 0 N–H and O–H groups in total. The minimum Gasteiger partial charge on any atom is -0.464 e. The van der Waals surface area contributed by atoms with Crippen LogP contribution in [0.4, 0.5) is 0 Å². The van der Waals surface area contributed by atoms with Crippen LogP contribution >= 0.6 is 0 Å². The molecule has 0 saturated carbocycles. The predicted molar refractivity (Wildman–Crippen MR) is 86.3 cm³/mol. The zero-order valence-electron chi connectivity index (χ0n) is 12.9. The monoisotopic (exact) mass is 328 g/mol. The number of para-hydroxylation sites is 1. The summed E-state index contributed by atoms with van der Waals surface area (Å²) in [6.07, 6.45) is 4.19. The largest absolute Gasteiger partial charge is 0.464 e. The molecule has 0 unspecified atom stereocenters. The summed E-state index contributed by atoms with van der Waals surface area (Å²) in [6.45, 7) is 6.79. The molecule has 1 aromatic carbocycles. The normalized spacial score (nSPS) is 10.2. The third-order valence-electron chi connectivity index (χ3n) is 2.82. The van der Waals surface area contributed by atoms with Gasteiger partial charge < -0.3 is 14.2 Å². The van der Waals surface area contributed by atoms with Gasteiger partial charge in [0.1, 0.15) is 24.5 Å². The van der Waals surface area contributed by atoms with Crippen molar-refractivity contribution < 1.29 is 23.8 Å². The van der Waals surface area contributed by atoms with Crippen LogP contribution in [0.25, 0.3) is 11.0 Å². The second-order valence-corrected chi connectivity index (χ2v) is 4.52. The van der Waals surface area contributed by atoms with Crippen molar-refractivity contribution in [2.45, 2.75) is 6.10 Å². The molecule has 1 aromatic heterocycles. The zero-order chi connectivity index (χ0) is 17.4. The Morgan fingerprint density at radius 3 is 2.29 bits per heavy atom. The van der Waals surface area contributed by atoms with E-state index in [4.69, 9.17) is 14.2 Å². The SMILES string of the molecule is C=CCOC(=O)C(Oc1cccc2nccnc12)C(=O)OCC=C. The molecule has 0 aliphatic carbocycles. The summed E-state index contributed by atoms with van der Waals surface area (Å²) in [5.41, 5.74) is 0.978. The highest BCUT2D eigenvalue weighted by atomic mass is 16.6. The molecule has 124 valence electrons. The van der Waals surface area contributed by atoms with E-state index in [-0.39, 0.29) is 19.0 Å². The Morgan fingerprint density at radius 2 is 1.67 bits per heavy atom. The number of nitrogens with zero attached hydrogens (tertiary/aromatic N) is 2. The van der Waals surface area contributed by atoms with E-state index in [0.29, 0.717) is 11.0 Å². The van der Waals surface area contributed by atoms with Crippen molar-refractivity contribution in [1.82, 2.24) is 9.97 Å². The van der Waals surface area contributed by atoms with Gasteiger partial charge in [-0.15, -0.1) is 0 Å². The fraction of sp³-hybridized carbons (Fsp3) is 0.176. The van der Waals surface area contributed by atoms with Crippen molar-refractivity contribution in [3.05, 3.63) is 55.9 Å². The summed E-state index contributed by atoms with van der Waals surface area (Å²) in [4.78, 5) is 32.5. The van der Waals surface area contributed by atoms with Crippen LogP contribution in [0.2, 0.25) is 0 Å². The van der Waals surface area contributed by atoms with E-state index in [1.807, 2.05) is 0 Å². The first-order valence-electron chi connectivity index (χ1n) is 7.08. The van der Waals surface area contributed by atoms with Crippen LogP contribution in [0.1, 0.15) is 0 Å². The molecule has 1 heterocycles. The number of benzene rings is 1. The predicted octanol–water partition coefficient (Wildman–Crippen LogP) is 1.84. The second kappa shape index (κ2) is 8.42. The lowest BCUT2D eigenvalue weighted by Gasteiger charge is -2.16. The van der Waals surface area contributed by atoms with Crippen LogP contribution in [0.3, 0.4) is 0 Å². The number of hydrogen-bond acceptors (Lipinski definition) is 7. The maximum absolute atomic E-state index is 12.1. The molecule has 0 aliphatic rings. The second-order valence-electron chi connectivity index (χ2n) is 4.52. The molecule has 0 amide bonds. The lowest BCUT2D eigenvalue weighted by atomic mass is 10.2. The quantitative estimate of drug-likeness (QED) is 0.415. The molecule has 7 heteroatoms. The van der Waals surface area contributed by atoms with Gasteiger partial charge in [-0.25, -0.2) is 14.6 Å². The topological polar surface area (TPSA) is 87.6 Å². The highest BCUT2D eigenvalue weighted by molar-refractivity contribution is 5.99. The standard InChI is InChI=1S/C17H16N2O5/c1-3-10-22-16(20)15(17(21)23-11-4-2)24-13-7-5-6-12-14(13)19-9-8-18-12/h3-9,15H,1-2,10-11H2. The van der Waals surface area contributed by atoms with Crippen LogP contribution in [0, 0.1) is 0 Å². The van der Waals surface area contributed by atoms with E-state index in [0.717, 1.165) is 0 Å². The van der Waals surface area contributed by atoms with E-state index in [1.165, 1.54) is 24.5 Å². The minimum atomic E-state index is -1.59. The minimum absolute atomic E-state index is 0.0528. The summed E-state index contributed by atoms with van der Waals surface area (Å²) in [7, 11) is 0. The van der Waals surface area contributed by atoms with Crippen molar-refractivity contribution in [1.29, 1.82) is 0 Å². The third kappa shape index (κ3) is 4.16. The fourth-order valence-electron chi connectivity index (χ4n) is 1.81. The molecule has 7 nitrogen and oxygen atoms in total. The number of aromatic nitrogens is 2. The van der Waals surface area contributed by atoms with Gasteiger partial charge >= 0.3 is 11.9 Å². The lowest BCUT2D eigenvalue weighted by molar-refractivity contribution is -0.165. The molecule has 0 aliphatic heterocycles. The van der Waals surface area contributed by atoms with E-state index < -0.39 is 18.0 Å². The van der Waals surface area contributed by atoms with Crippen molar-refractivity contribution in [3.8, 4) is 5.75 Å². The lowest BCUT2D eigenvalue weighted by Crippen LogP contribution is -2.38. The van der Waals surface area contributed by atoms with Crippen molar-refractivity contribution in [2.24, 2.45) is 0 Å². The van der Waals surface area contributed by atoms with Gasteiger partial charge in [-0.2, -0.15) is 0 Å². The Bertz CT molecular complexity index is 730. The van der Waals surface area contributed by atoms with Gasteiger partial charge in [0.05, 0.1) is 5.52 Å². The Hall–Kier alpha value is -3.22. The Kier molecular flexibility index (Phi) is 6.01. The summed E-state index contributed by atoms with van der Waals surface area (Å²) in [5.74, 6) is -1.55. The van der Waals surface area contributed by atoms with Gasteiger partial charge in [0.15, 0.2) is 0 Å². The number of fused-ring (bicyclic) bond motifs is 1. The molecule has 2 rings (SSSR count). The fourth-order valence-corrected chi connectivity index (χ4v) is 1.81. The highest BCUT2D eigenvalue weighted by Gasteiger charge is 2.32. The first-order chi connectivity index (χ1) is 11.7. The Labute approximate surface area is 138 Å². The van der Waals surface area contributed by atoms with Crippen molar-refractivity contribution in [3.63, 3.8) is 0 Å². The summed E-state index contributed by atoms with van der Waals surface area (Å²) in [5, 5.41) is 0. The number of hydrogen-bond donors (Lipinski definition) is 0. The molecule has 0 saturated heterocycles. The average Bonchev–Trinajstić information content (AvgIpc) is 2.62. The summed E-state index contributed by atoms with van der Waals surface area (Å²) in [6, 6.07) is 4.98. The first kappa shape index (κ1) is 17.1. The maximum Gasteiger partial charge on any atom is 0.359 e. The van der Waals surface area contributed by atoms with E-state index in [2.05, 4.69) is 23.1 Å². The molecule has 0 spiro atoms. The van der Waals surface area contributed by atoms with Gasteiger partial charge in [0.2, 0.25) is 0 Å². The van der Waals surface area contributed by atoms with Crippen LogP contribution < -0.4 is 4.74 Å². The molecule has 0 bridgehead atoms. The highest BCUT2D eigenvalue weighted by Crippen LogP contribution is 2.23. The van der Waals surface area contributed by atoms with Crippen molar-refractivity contribution in [2.75, 3.05) is 13.2 Å². The number of carbonyl (C=O) groups excluding carboxylic acids is 2. The molecular formula is C17H16N2O5. The number of carbonyl (C=O) groups is 2. The molecule has 0 atom stereocenters. The smallest absolute Gasteiger partial charge is 0.359 e. The van der Waals surface area contributed by atoms with E-state index in [1.54, 1.807) is 18.2 Å². The summed E-state index contributed by atoms with van der Waals surface area (Å²) < 4.78 is 15.3. The molecule has 0 radical (unpaired) electrons. The van der Waals surface area contributed by atoms with Crippen LogP contribution in [-0.2, 0) is 19.1 Å². The van der Waals surface area contributed by atoms with Gasteiger partial charge in [-0.05, 0) is 12.1 Å². The van der Waals surface area contributed by atoms with Crippen LogP contribution in [0.5, 0.6) is 5.75 Å². The average molecular weight is 328 g/mol. The zero-order valence-corrected chi connectivity index (χ0v) is 12.9. The Morgan fingerprint density at radius 1 is 1.04 bits per heavy atom. The Balaban J connectivity index is 2.28. The first-order valence-corrected chi connectivity index (χ1v) is 7.08. The van der Waals surface area contributed by atoms with Crippen molar-refractivity contribution >= 4 is 23.0 Å². The number of rotatable bonds is 8. The van der Waals surface area contributed by atoms with Crippen LogP contribution in [-0.4, -0.2) is 41.2 Å². The molecule has 2 aromatic rings. The number of ether oxygens (including phenoxy) is 3. The molecule has 0 fully saturated rings.